The molecule has 1 aromatic heterocycles. The Balaban J connectivity index is 2.16. The van der Waals surface area contributed by atoms with Crippen molar-refractivity contribution in [2.75, 3.05) is 5.73 Å². The third-order valence-corrected chi connectivity index (χ3v) is 3.20. The van der Waals surface area contributed by atoms with Gasteiger partial charge in [-0.2, -0.15) is 5.10 Å². The molecule has 2 rings (SSSR count). The largest absolute Gasteiger partial charge is 0.384 e. The second-order valence-electron chi connectivity index (χ2n) is 4.30. The predicted octanol–water partition coefficient (Wildman–Crippen LogP) is 2.67. The molecule has 0 unspecified atom stereocenters. The second-order valence-corrected chi connectivity index (χ2v) is 4.30. The highest BCUT2D eigenvalue weighted by Crippen LogP contribution is 2.29. The summed E-state index contributed by atoms with van der Waals surface area (Å²) in [5, 5.41) is 4.37. The number of nitrogens with two attached hydrogens (primary N) is 1. The summed E-state index contributed by atoms with van der Waals surface area (Å²) in [6, 6.07) is 0.547. The number of hydrogen-bond acceptors (Lipinski definition) is 2. The van der Waals surface area contributed by atoms with Gasteiger partial charge in [0, 0.05) is 5.56 Å². The van der Waals surface area contributed by atoms with Crippen molar-refractivity contribution in [3.8, 4) is 0 Å². The van der Waals surface area contributed by atoms with Gasteiger partial charge in [-0.3, -0.25) is 0 Å². The van der Waals surface area contributed by atoms with Crippen molar-refractivity contribution >= 4 is 5.82 Å². The van der Waals surface area contributed by atoms with Crippen LogP contribution in [0.4, 0.5) is 5.82 Å². The topological polar surface area (TPSA) is 43.8 Å². The molecule has 0 aromatic carbocycles. The molecule has 0 aliphatic heterocycles. The number of nitrogen functional groups attached to an aromatic ring is 1. The molecule has 3 nitrogen and oxygen atoms in total. The minimum Gasteiger partial charge on any atom is -0.384 e. The lowest BCUT2D eigenvalue weighted by Gasteiger charge is -2.16. The van der Waals surface area contributed by atoms with Gasteiger partial charge in [0.15, 0.2) is 0 Å². The van der Waals surface area contributed by atoms with Gasteiger partial charge in [-0.1, -0.05) is 25.7 Å². The third-order valence-electron chi connectivity index (χ3n) is 3.20. The Bertz CT molecular complexity index is 295. The molecule has 1 aromatic rings. The molecule has 0 amide bonds. The predicted molar refractivity (Wildman–Crippen MR) is 58.1 cm³/mol. The van der Waals surface area contributed by atoms with Crippen LogP contribution < -0.4 is 5.73 Å². The molecule has 1 fully saturated rings. The Labute approximate surface area is 85.3 Å². The molecule has 78 valence electrons. The lowest BCUT2D eigenvalue weighted by molar-refractivity contribution is 0.411. The maximum atomic E-state index is 5.98. The first-order valence-corrected chi connectivity index (χ1v) is 5.58. The standard InChI is InChI=1S/C11H19N3/c1-9-8-13-14(11(9)12)10-6-4-2-3-5-7-10/h8,10H,2-7,12H2,1H3. The minimum atomic E-state index is 0.547. The normalized spacial score (nSPS) is 19.5. The summed E-state index contributed by atoms with van der Waals surface area (Å²) in [6.07, 6.45) is 9.75. The lowest BCUT2D eigenvalue weighted by atomic mass is 10.1. The highest BCUT2D eigenvalue weighted by atomic mass is 15.3. The Morgan fingerprint density at radius 2 is 1.93 bits per heavy atom. The van der Waals surface area contributed by atoms with Crippen molar-refractivity contribution in [1.29, 1.82) is 0 Å². The first-order chi connectivity index (χ1) is 6.79. The fourth-order valence-corrected chi connectivity index (χ4v) is 2.25. The molecule has 1 heterocycles. The van der Waals surface area contributed by atoms with E-state index < -0.39 is 0 Å². The van der Waals surface area contributed by atoms with Crippen LogP contribution in [0.1, 0.15) is 50.1 Å². The van der Waals surface area contributed by atoms with E-state index in [0.29, 0.717) is 6.04 Å². The van der Waals surface area contributed by atoms with E-state index >= 15 is 0 Å². The fraction of sp³-hybridized carbons (Fsp3) is 0.727. The van der Waals surface area contributed by atoms with Crippen LogP contribution in [-0.4, -0.2) is 9.78 Å². The first-order valence-electron chi connectivity index (χ1n) is 5.58. The van der Waals surface area contributed by atoms with E-state index in [0.717, 1.165) is 11.4 Å². The van der Waals surface area contributed by atoms with Crippen molar-refractivity contribution in [1.82, 2.24) is 9.78 Å². The number of anilines is 1. The molecular weight excluding hydrogens is 174 g/mol. The van der Waals surface area contributed by atoms with Gasteiger partial charge >= 0.3 is 0 Å². The van der Waals surface area contributed by atoms with Crippen LogP contribution in [0.25, 0.3) is 0 Å². The second kappa shape index (κ2) is 4.03. The molecule has 1 aliphatic carbocycles. The monoisotopic (exact) mass is 193 g/mol. The van der Waals surface area contributed by atoms with Crippen LogP contribution in [0.2, 0.25) is 0 Å². The molecule has 0 bridgehead atoms. The zero-order chi connectivity index (χ0) is 9.97. The van der Waals surface area contributed by atoms with Crippen molar-refractivity contribution < 1.29 is 0 Å². The van der Waals surface area contributed by atoms with Crippen molar-refractivity contribution in [2.45, 2.75) is 51.5 Å². The number of hydrogen-bond donors (Lipinski definition) is 1. The van der Waals surface area contributed by atoms with E-state index in [4.69, 9.17) is 5.73 Å². The van der Waals surface area contributed by atoms with Crippen LogP contribution in [0, 0.1) is 6.92 Å². The summed E-state index contributed by atoms with van der Waals surface area (Å²) in [5.41, 5.74) is 7.09. The maximum absolute atomic E-state index is 5.98. The quantitative estimate of drug-likeness (QED) is 0.697. The zero-order valence-corrected chi connectivity index (χ0v) is 8.87. The average molecular weight is 193 g/mol. The summed E-state index contributed by atoms with van der Waals surface area (Å²) in [7, 11) is 0. The zero-order valence-electron chi connectivity index (χ0n) is 8.87. The van der Waals surface area contributed by atoms with Gasteiger partial charge in [0.2, 0.25) is 0 Å². The smallest absolute Gasteiger partial charge is 0.124 e. The average Bonchev–Trinajstić information content (AvgIpc) is 2.47. The molecular formula is C11H19N3. The van der Waals surface area contributed by atoms with Crippen LogP contribution in [0.5, 0.6) is 0 Å². The minimum absolute atomic E-state index is 0.547. The fourth-order valence-electron chi connectivity index (χ4n) is 2.25. The Morgan fingerprint density at radius 1 is 1.29 bits per heavy atom. The molecule has 2 N–H and O–H groups in total. The molecule has 0 radical (unpaired) electrons. The molecule has 1 aliphatic rings. The van der Waals surface area contributed by atoms with Crippen LogP contribution >= 0.6 is 0 Å². The van der Waals surface area contributed by atoms with Gasteiger partial charge in [0.05, 0.1) is 12.2 Å². The van der Waals surface area contributed by atoms with Crippen molar-refractivity contribution in [3.63, 3.8) is 0 Å². The van der Waals surface area contributed by atoms with Crippen LogP contribution in [0.3, 0.4) is 0 Å². The molecule has 0 atom stereocenters. The van der Waals surface area contributed by atoms with Gasteiger partial charge in [0.1, 0.15) is 5.82 Å². The first kappa shape index (κ1) is 9.56. The summed E-state index contributed by atoms with van der Waals surface area (Å²) in [6.45, 7) is 2.02. The summed E-state index contributed by atoms with van der Waals surface area (Å²) in [5.74, 6) is 0.858. The molecule has 1 saturated carbocycles. The van der Waals surface area contributed by atoms with Crippen LogP contribution in [0.15, 0.2) is 6.20 Å². The Kier molecular flexibility index (Phi) is 2.75. The molecule has 0 spiro atoms. The number of rotatable bonds is 1. The van der Waals surface area contributed by atoms with Gasteiger partial charge in [-0.15, -0.1) is 0 Å². The van der Waals surface area contributed by atoms with Gasteiger partial charge < -0.3 is 5.73 Å². The van der Waals surface area contributed by atoms with E-state index in [1.807, 2.05) is 17.8 Å². The Hall–Kier alpha value is -0.990. The van der Waals surface area contributed by atoms with Crippen molar-refractivity contribution in [2.24, 2.45) is 0 Å². The molecule has 0 saturated heterocycles. The molecule has 3 heteroatoms. The van der Waals surface area contributed by atoms with Gasteiger partial charge in [0.25, 0.3) is 0 Å². The van der Waals surface area contributed by atoms with E-state index in [9.17, 15) is 0 Å². The highest BCUT2D eigenvalue weighted by molar-refractivity contribution is 5.37. The summed E-state index contributed by atoms with van der Waals surface area (Å²) >= 11 is 0. The van der Waals surface area contributed by atoms with E-state index in [1.54, 1.807) is 0 Å². The van der Waals surface area contributed by atoms with Gasteiger partial charge in [-0.05, 0) is 19.8 Å². The highest BCUT2D eigenvalue weighted by Gasteiger charge is 2.17. The number of nitrogens with zero attached hydrogens (tertiary/aromatic N) is 2. The summed E-state index contributed by atoms with van der Waals surface area (Å²) < 4.78 is 2.03. The number of aryl methyl sites for hydroxylation is 1. The maximum Gasteiger partial charge on any atom is 0.124 e. The SMILES string of the molecule is Cc1cnn(C2CCCCCC2)c1N. The van der Waals surface area contributed by atoms with Crippen LogP contribution in [-0.2, 0) is 0 Å². The number of aromatic nitrogens is 2. The molecule has 14 heavy (non-hydrogen) atoms. The van der Waals surface area contributed by atoms with E-state index in [-0.39, 0.29) is 0 Å². The van der Waals surface area contributed by atoms with E-state index in [1.165, 1.54) is 38.5 Å². The third kappa shape index (κ3) is 1.76. The van der Waals surface area contributed by atoms with E-state index in [2.05, 4.69) is 5.10 Å². The lowest BCUT2D eigenvalue weighted by Crippen LogP contribution is -2.12. The van der Waals surface area contributed by atoms with Crippen molar-refractivity contribution in [3.05, 3.63) is 11.8 Å². The Morgan fingerprint density at radius 3 is 2.43 bits per heavy atom. The van der Waals surface area contributed by atoms with Gasteiger partial charge in [-0.25, -0.2) is 4.68 Å². The summed E-state index contributed by atoms with van der Waals surface area (Å²) in [4.78, 5) is 0.